The summed E-state index contributed by atoms with van der Waals surface area (Å²) in [4.78, 5) is 0. The normalized spacial score (nSPS) is 9.90. The van der Waals surface area contributed by atoms with Crippen molar-refractivity contribution in [3.8, 4) is 0 Å². The van der Waals surface area contributed by atoms with Crippen molar-refractivity contribution in [2.75, 3.05) is 0 Å². The highest BCUT2D eigenvalue weighted by Gasteiger charge is 1.95. The molecule has 0 unspecified atom stereocenters. The Morgan fingerprint density at radius 1 is 1.20 bits per heavy atom. The molecule has 0 spiro atoms. The van der Waals surface area contributed by atoms with Crippen LogP contribution in [-0.2, 0) is 6.61 Å². The van der Waals surface area contributed by atoms with Gasteiger partial charge >= 0.3 is 0 Å². The number of rotatable bonds is 1. The van der Waals surface area contributed by atoms with Crippen molar-refractivity contribution >= 4 is 31.9 Å². The average Bonchev–Trinajstić information content (AvgIpc) is 1.95. The second kappa shape index (κ2) is 3.51. The first-order valence-electron chi connectivity index (χ1n) is 2.79. The fourth-order valence-corrected chi connectivity index (χ4v) is 1.31. The minimum Gasteiger partial charge on any atom is -0.392 e. The van der Waals surface area contributed by atoms with Gasteiger partial charge < -0.3 is 5.11 Å². The molecule has 0 aromatic heterocycles. The molecule has 0 aliphatic heterocycles. The Labute approximate surface area is 76.3 Å². The molecular weight excluding hydrogens is 260 g/mol. The van der Waals surface area contributed by atoms with E-state index >= 15 is 0 Å². The van der Waals surface area contributed by atoms with E-state index in [1.807, 2.05) is 18.2 Å². The van der Waals surface area contributed by atoms with Crippen LogP contribution in [0.2, 0.25) is 0 Å². The maximum atomic E-state index is 8.72. The van der Waals surface area contributed by atoms with Crippen LogP contribution in [0.5, 0.6) is 0 Å². The summed E-state index contributed by atoms with van der Waals surface area (Å²) in [6.45, 7) is 0.0892. The van der Waals surface area contributed by atoms with Gasteiger partial charge in [0.25, 0.3) is 0 Å². The van der Waals surface area contributed by atoms with E-state index < -0.39 is 0 Å². The highest BCUT2D eigenvalue weighted by atomic mass is 79.9. The van der Waals surface area contributed by atoms with Gasteiger partial charge in [0.15, 0.2) is 0 Å². The number of hydrogen-bond donors (Lipinski definition) is 1. The number of hydrogen-bond acceptors (Lipinski definition) is 1. The molecule has 1 rings (SSSR count). The molecule has 0 aliphatic rings. The largest absolute Gasteiger partial charge is 0.392 e. The van der Waals surface area contributed by atoms with Gasteiger partial charge in [-0.2, -0.15) is 0 Å². The van der Waals surface area contributed by atoms with Crippen LogP contribution in [0.15, 0.2) is 27.1 Å². The Balaban J connectivity index is 3.04. The van der Waals surface area contributed by atoms with Gasteiger partial charge in [0.2, 0.25) is 0 Å². The van der Waals surface area contributed by atoms with E-state index in [1.165, 1.54) is 0 Å². The fraction of sp³-hybridized carbons (Fsp3) is 0.143. The highest BCUT2D eigenvalue weighted by molar-refractivity contribution is 9.13. The van der Waals surface area contributed by atoms with Crippen molar-refractivity contribution < 1.29 is 5.11 Å². The smallest absolute Gasteiger partial charge is 0.0682 e. The minimum atomic E-state index is 0.0892. The molecule has 0 heterocycles. The summed E-state index contributed by atoms with van der Waals surface area (Å²) >= 11 is 6.66. The average molecular weight is 266 g/mol. The molecule has 0 aliphatic carbocycles. The number of aliphatic hydroxyl groups is 1. The summed E-state index contributed by atoms with van der Waals surface area (Å²) in [5, 5.41) is 8.72. The summed E-state index contributed by atoms with van der Waals surface area (Å²) in [5.74, 6) is 0. The van der Waals surface area contributed by atoms with Crippen LogP contribution < -0.4 is 0 Å². The van der Waals surface area contributed by atoms with E-state index in [2.05, 4.69) is 31.9 Å². The quantitative estimate of drug-likeness (QED) is 0.828. The van der Waals surface area contributed by atoms with Crippen molar-refractivity contribution in [3.05, 3.63) is 32.7 Å². The van der Waals surface area contributed by atoms with Crippen LogP contribution >= 0.6 is 31.9 Å². The third kappa shape index (κ3) is 1.81. The Bertz CT molecular complexity index is 235. The zero-order valence-electron chi connectivity index (χ0n) is 5.14. The lowest BCUT2D eigenvalue weighted by molar-refractivity contribution is 0.282. The highest BCUT2D eigenvalue weighted by Crippen LogP contribution is 2.23. The van der Waals surface area contributed by atoms with Gasteiger partial charge in [0.1, 0.15) is 0 Å². The van der Waals surface area contributed by atoms with Crippen LogP contribution in [0.4, 0.5) is 0 Å². The SMILES string of the molecule is OCc1ccc(Br)c(Br)c1. The van der Waals surface area contributed by atoms with E-state index in [-0.39, 0.29) is 6.61 Å². The van der Waals surface area contributed by atoms with Gasteiger partial charge in [-0.15, -0.1) is 0 Å². The lowest BCUT2D eigenvalue weighted by Gasteiger charge is -1.97. The Morgan fingerprint density at radius 3 is 2.40 bits per heavy atom. The van der Waals surface area contributed by atoms with Crippen LogP contribution in [0, 0.1) is 0 Å². The predicted octanol–water partition coefficient (Wildman–Crippen LogP) is 2.70. The third-order valence-corrected chi connectivity index (χ3v) is 3.05. The molecule has 54 valence electrons. The number of aliphatic hydroxyl groups excluding tert-OH is 1. The molecule has 0 bridgehead atoms. The summed E-state index contributed by atoms with van der Waals surface area (Å²) in [6, 6.07) is 5.65. The molecule has 1 aromatic carbocycles. The van der Waals surface area contributed by atoms with Crippen molar-refractivity contribution in [1.82, 2.24) is 0 Å². The maximum absolute atomic E-state index is 8.72. The molecule has 0 radical (unpaired) electrons. The zero-order valence-corrected chi connectivity index (χ0v) is 8.31. The lowest BCUT2D eigenvalue weighted by atomic mass is 10.2. The van der Waals surface area contributed by atoms with E-state index in [0.717, 1.165) is 14.5 Å². The van der Waals surface area contributed by atoms with Crippen molar-refractivity contribution in [2.45, 2.75) is 6.61 Å². The van der Waals surface area contributed by atoms with Crippen LogP contribution in [0.3, 0.4) is 0 Å². The first-order chi connectivity index (χ1) is 4.74. The Kier molecular flexibility index (Phi) is 2.89. The molecule has 0 saturated carbocycles. The molecule has 3 heteroatoms. The lowest BCUT2D eigenvalue weighted by Crippen LogP contribution is -1.81. The number of halogens is 2. The van der Waals surface area contributed by atoms with E-state index in [4.69, 9.17) is 5.11 Å². The van der Waals surface area contributed by atoms with Crippen molar-refractivity contribution in [1.29, 1.82) is 0 Å². The monoisotopic (exact) mass is 264 g/mol. The van der Waals surface area contributed by atoms with Gasteiger partial charge in [0, 0.05) is 8.95 Å². The fourth-order valence-electron chi connectivity index (χ4n) is 0.638. The predicted molar refractivity (Wildman–Crippen MR) is 47.8 cm³/mol. The van der Waals surface area contributed by atoms with Crippen molar-refractivity contribution in [2.24, 2.45) is 0 Å². The first-order valence-corrected chi connectivity index (χ1v) is 4.37. The molecule has 1 nitrogen and oxygen atoms in total. The zero-order chi connectivity index (χ0) is 7.56. The third-order valence-electron chi connectivity index (χ3n) is 1.17. The van der Waals surface area contributed by atoms with Gasteiger partial charge in [0.05, 0.1) is 6.61 Å². The molecule has 0 atom stereocenters. The molecule has 0 amide bonds. The standard InChI is InChI=1S/C7H6Br2O/c8-6-2-1-5(4-10)3-7(6)9/h1-3,10H,4H2. The second-order valence-electron chi connectivity index (χ2n) is 1.91. The number of benzene rings is 1. The summed E-state index contributed by atoms with van der Waals surface area (Å²) in [5.41, 5.74) is 0.912. The molecular formula is C7H6Br2O. The molecule has 0 fully saturated rings. The summed E-state index contributed by atoms with van der Waals surface area (Å²) < 4.78 is 1.98. The minimum absolute atomic E-state index is 0.0892. The topological polar surface area (TPSA) is 20.2 Å². The van der Waals surface area contributed by atoms with Gasteiger partial charge in [-0.25, -0.2) is 0 Å². The molecule has 0 saturated heterocycles. The van der Waals surface area contributed by atoms with E-state index in [0.29, 0.717) is 0 Å². The van der Waals surface area contributed by atoms with E-state index in [9.17, 15) is 0 Å². The van der Waals surface area contributed by atoms with Gasteiger partial charge in [-0.1, -0.05) is 6.07 Å². The summed E-state index contributed by atoms with van der Waals surface area (Å²) in [6.07, 6.45) is 0. The van der Waals surface area contributed by atoms with Crippen LogP contribution in [0.1, 0.15) is 5.56 Å². The van der Waals surface area contributed by atoms with Gasteiger partial charge in [-0.3, -0.25) is 0 Å². The second-order valence-corrected chi connectivity index (χ2v) is 3.62. The first kappa shape index (κ1) is 8.24. The van der Waals surface area contributed by atoms with Crippen LogP contribution in [-0.4, -0.2) is 5.11 Å². The molecule has 1 N–H and O–H groups in total. The van der Waals surface area contributed by atoms with E-state index in [1.54, 1.807) is 0 Å². The molecule has 1 aromatic rings. The van der Waals surface area contributed by atoms with Crippen molar-refractivity contribution in [3.63, 3.8) is 0 Å². The Hall–Kier alpha value is 0.140. The maximum Gasteiger partial charge on any atom is 0.0682 e. The molecule has 10 heavy (non-hydrogen) atoms. The Morgan fingerprint density at radius 2 is 1.90 bits per heavy atom. The van der Waals surface area contributed by atoms with Crippen LogP contribution in [0.25, 0.3) is 0 Å². The summed E-state index contributed by atoms with van der Waals surface area (Å²) in [7, 11) is 0. The van der Waals surface area contributed by atoms with Gasteiger partial charge in [-0.05, 0) is 49.6 Å².